The molecule has 0 bridgehead atoms. The summed E-state index contributed by atoms with van der Waals surface area (Å²) in [6.45, 7) is 5.60. The average Bonchev–Trinajstić information content (AvgIpc) is 3.05. The number of phenolic OH excluding ortho intramolecular Hbond substituents is 1. The summed E-state index contributed by atoms with van der Waals surface area (Å²) in [6.07, 6.45) is 3.40. The van der Waals surface area contributed by atoms with Crippen molar-refractivity contribution in [1.82, 2.24) is 9.88 Å². The lowest BCUT2D eigenvalue weighted by molar-refractivity contribution is -0.112. The van der Waals surface area contributed by atoms with Crippen LogP contribution < -0.4 is 11.5 Å². The van der Waals surface area contributed by atoms with Crippen molar-refractivity contribution in [2.45, 2.75) is 32.4 Å². The van der Waals surface area contributed by atoms with Crippen molar-refractivity contribution in [3.8, 4) is 5.75 Å². The molecule has 8 heteroatoms. The van der Waals surface area contributed by atoms with Crippen molar-refractivity contribution in [3.63, 3.8) is 0 Å². The maximum absolute atomic E-state index is 10.7. The molecular weight excluding hydrogens is 384 g/mol. The van der Waals surface area contributed by atoms with E-state index in [1.807, 2.05) is 6.07 Å². The molecule has 1 aliphatic heterocycles. The van der Waals surface area contributed by atoms with Crippen LogP contribution in [0.5, 0.6) is 5.75 Å². The number of aliphatic hydroxyl groups is 1. The number of phenols is 1. The van der Waals surface area contributed by atoms with Gasteiger partial charge in [0.2, 0.25) is 0 Å². The molecule has 2 heterocycles. The maximum atomic E-state index is 10.7. The second-order valence-corrected chi connectivity index (χ2v) is 7.26. The van der Waals surface area contributed by atoms with Gasteiger partial charge in [0.1, 0.15) is 24.5 Å². The molecule has 1 aromatic heterocycles. The van der Waals surface area contributed by atoms with Crippen LogP contribution >= 0.6 is 0 Å². The predicted octanol–water partition coefficient (Wildman–Crippen LogP) is 1.89. The number of anilines is 1. The Kier molecular flexibility index (Phi) is 8.46. The molecule has 0 saturated heterocycles. The van der Waals surface area contributed by atoms with Crippen molar-refractivity contribution in [2.75, 3.05) is 32.6 Å². The number of aromatic nitrogens is 1. The number of nitrogens with one attached hydrogen (secondary N) is 1. The Morgan fingerprint density at radius 2 is 2.07 bits per heavy atom. The van der Waals surface area contributed by atoms with Gasteiger partial charge < -0.3 is 36.2 Å². The molecule has 0 fully saturated rings. The van der Waals surface area contributed by atoms with Gasteiger partial charge in [-0.25, -0.2) is 0 Å². The van der Waals surface area contributed by atoms with Crippen LogP contribution in [-0.2, 0) is 16.0 Å². The fourth-order valence-electron chi connectivity index (χ4n) is 3.88. The highest BCUT2D eigenvalue weighted by Gasteiger charge is 2.33. The number of carbonyl (C=O) groups is 1. The zero-order chi connectivity index (χ0) is 22.3. The first-order valence-corrected chi connectivity index (χ1v) is 9.91. The fraction of sp³-hybridized carbons (Fsp3) is 0.409. The molecule has 2 aromatic rings. The molecule has 1 atom stereocenters. The van der Waals surface area contributed by atoms with Gasteiger partial charge in [0.25, 0.3) is 0 Å². The topological polar surface area (TPSA) is 138 Å². The number of carbonyl (C=O) groups excluding carboxylic acids is 1. The third-order valence-corrected chi connectivity index (χ3v) is 5.18. The largest absolute Gasteiger partial charge is 0.507 e. The monoisotopic (exact) mass is 416 g/mol. The third kappa shape index (κ3) is 5.02. The summed E-state index contributed by atoms with van der Waals surface area (Å²) in [5.74, 6) is 0.656. The first kappa shape index (κ1) is 23.5. The second kappa shape index (κ2) is 10.8. The molecule has 1 aromatic carbocycles. The van der Waals surface area contributed by atoms with Gasteiger partial charge in [-0.1, -0.05) is 12.1 Å². The van der Waals surface area contributed by atoms with E-state index in [4.69, 9.17) is 21.3 Å². The lowest BCUT2D eigenvalue weighted by Crippen LogP contribution is -2.42. The molecule has 0 saturated carbocycles. The number of para-hydroxylation sites is 1. The highest BCUT2D eigenvalue weighted by molar-refractivity contribution is 5.86. The number of nitrogens with zero attached hydrogens (tertiary/aromatic N) is 1. The average molecular weight is 417 g/mol. The van der Waals surface area contributed by atoms with Gasteiger partial charge in [0.15, 0.2) is 0 Å². The minimum atomic E-state index is -0.0410. The molecule has 30 heavy (non-hydrogen) atoms. The minimum absolute atomic E-state index is 0.0410. The number of aldehydes is 1. The summed E-state index contributed by atoms with van der Waals surface area (Å²) >= 11 is 0. The number of H-pyrrole nitrogens is 1. The number of aliphatic hydroxyl groups excluding tert-OH is 1. The Labute approximate surface area is 177 Å². The van der Waals surface area contributed by atoms with Crippen LogP contribution in [0.2, 0.25) is 0 Å². The summed E-state index contributed by atoms with van der Waals surface area (Å²) in [5.41, 5.74) is 16.5. The molecule has 8 nitrogen and oxygen atoms in total. The SMILES string of the molecule is CC(C)N1CCc2[nH]c(N)c(/C=C(\N)c3ccccc3O)c2C1COCC=O.CO. The van der Waals surface area contributed by atoms with Crippen LogP contribution in [-0.4, -0.2) is 59.3 Å². The van der Waals surface area contributed by atoms with Crippen molar-refractivity contribution in [2.24, 2.45) is 5.73 Å². The van der Waals surface area contributed by atoms with E-state index in [1.54, 1.807) is 24.3 Å². The van der Waals surface area contributed by atoms with Crippen molar-refractivity contribution >= 4 is 23.9 Å². The van der Waals surface area contributed by atoms with Crippen LogP contribution in [0.15, 0.2) is 24.3 Å². The number of hydrogen-bond donors (Lipinski definition) is 5. The Hall–Kier alpha value is -2.81. The predicted molar refractivity (Wildman–Crippen MR) is 119 cm³/mol. The zero-order valence-corrected chi connectivity index (χ0v) is 17.8. The fourth-order valence-corrected chi connectivity index (χ4v) is 3.88. The normalized spacial score (nSPS) is 16.7. The lowest BCUT2D eigenvalue weighted by atomic mass is 9.93. The summed E-state index contributed by atoms with van der Waals surface area (Å²) in [5, 5.41) is 17.1. The summed E-state index contributed by atoms with van der Waals surface area (Å²) < 4.78 is 5.58. The first-order valence-electron chi connectivity index (χ1n) is 9.91. The summed E-state index contributed by atoms with van der Waals surface area (Å²) in [7, 11) is 1.00. The third-order valence-electron chi connectivity index (χ3n) is 5.18. The maximum Gasteiger partial charge on any atom is 0.145 e. The molecule has 7 N–H and O–H groups in total. The first-order chi connectivity index (χ1) is 14.4. The Balaban J connectivity index is 0.00000155. The Morgan fingerprint density at radius 1 is 1.37 bits per heavy atom. The Bertz CT molecular complexity index is 876. The number of rotatable bonds is 7. The molecule has 164 valence electrons. The number of nitrogens with two attached hydrogens (primary N) is 2. The Morgan fingerprint density at radius 3 is 2.70 bits per heavy atom. The van der Waals surface area contributed by atoms with Crippen LogP contribution in [0.4, 0.5) is 5.82 Å². The van der Waals surface area contributed by atoms with Crippen LogP contribution in [0.1, 0.15) is 42.3 Å². The van der Waals surface area contributed by atoms with Gasteiger partial charge in [-0.3, -0.25) is 4.90 Å². The lowest BCUT2D eigenvalue weighted by Gasteiger charge is -2.38. The standard InChI is InChI=1S/C21H28N4O3.CH4O/c1-13(2)25-8-7-17-20(18(25)12-28-10-9-26)15(21(23)24-17)11-16(22)14-5-3-4-6-19(14)27;1-2/h3-6,9,11,13,18,24,27H,7-8,10,12,22-23H2,1-2H3;2H,1H3/b16-11-;. The van der Waals surface area contributed by atoms with Crippen LogP contribution in [0.3, 0.4) is 0 Å². The van der Waals surface area contributed by atoms with E-state index in [1.165, 1.54) is 0 Å². The number of fused-ring (bicyclic) bond motifs is 1. The minimum Gasteiger partial charge on any atom is -0.507 e. The highest BCUT2D eigenvalue weighted by atomic mass is 16.5. The van der Waals surface area contributed by atoms with E-state index in [0.717, 1.165) is 43.2 Å². The quantitative estimate of drug-likeness (QED) is 0.343. The summed E-state index contributed by atoms with van der Waals surface area (Å²) in [6, 6.07) is 7.20. The number of ether oxygens (including phenoxy) is 1. The highest BCUT2D eigenvalue weighted by Crippen LogP contribution is 2.38. The number of hydrogen-bond acceptors (Lipinski definition) is 7. The van der Waals surface area contributed by atoms with E-state index >= 15 is 0 Å². The van der Waals surface area contributed by atoms with Gasteiger partial charge in [-0.2, -0.15) is 0 Å². The number of benzene rings is 1. The molecule has 1 unspecified atom stereocenters. The van der Waals surface area contributed by atoms with E-state index in [2.05, 4.69) is 23.7 Å². The molecule has 0 radical (unpaired) electrons. The molecule has 1 aliphatic rings. The number of nitrogen functional groups attached to an aromatic ring is 1. The van der Waals surface area contributed by atoms with Gasteiger partial charge in [-0.05, 0) is 32.1 Å². The van der Waals surface area contributed by atoms with Gasteiger partial charge >= 0.3 is 0 Å². The van der Waals surface area contributed by atoms with Gasteiger partial charge in [-0.15, -0.1) is 0 Å². The zero-order valence-electron chi connectivity index (χ0n) is 17.8. The molecule has 0 aliphatic carbocycles. The molecule has 0 spiro atoms. The van der Waals surface area contributed by atoms with Gasteiger partial charge in [0, 0.05) is 54.2 Å². The smallest absolute Gasteiger partial charge is 0.145 e. The van der Waals surface area contributed by atoms with Gasteiger partial charge in [0.05, 0.1) is 12.6 Å². The van der Waals surface area contributed by atoms with E-state index in [0.29, 0.717) is 29.7 Å². The van der Waals surface area contributed by atoms with E-state index in [9.17, 15) is 9.90 Å². The molecule has 3 rings (SSSR count). The molecule has 0 amide bonds. The number of aromatic hydroxyl groups is 1. The van der Waals surface area contributed by atoms with Crippen molar-refractivity contribution in [1.29, 1.82) is 0 Å². The number of aromatic amines is 1. The van der Waals surface area contributed by atoms with Crippen molar-refractivity contribution < 1.29 is 19.7 Å². The van der Waals surface area contributed by atoms with E-state index < -0.39 is 0 Å². The molecular formula is C22H32N4O4. The van der Waals surface area contributed by atoms with Crippen LogP contribution in [0.25, 0.3) is 11.8 Å². The van der Waals surface area contributed by atoms with E-state index in [-0.39, 0.29) is 18.4 Å². The summed E-state index contributed by atoms with van der Waals surface area (Å²) in [4.78, 5) is 16.3. The van der Waals surface area contributed by atoms with Crippen molar-refractivity contribution in [3.05, 3.63) is 46.6 Å². The second-order valence-electron chi connectivity index (χ2n) is 7.26. The van der Waals surface area contributed by atoms with Crippen LogP contribution in [0, 0.1) is 0 Å².